The van der Waals surface area contributed by atoms with Crippen LogP contribution in [0.4, 0.5) is 8.78 Å². The van der Waals surface area contributed by atoms with Crippen LogP contribution >= 0.6 is 11.6 Å². The van der Waals surface area contributed by atoms with E-state index in [0.29, 0.717) is 10.7 Å². The number of hydrogen-bond donors (Lipinski definition) is 1. The average Bonchev–Trinajstić information content (AvgIpc) is 3.14. The van der Waals surface area contributed by atoms with Gasteiger partial charge in [0, 0.05) is 29.0 Å². The highest BCUT2D eigenvalue weighted by Gasteiger charge is 2.22. The smallest absolute Gasteiger partial charge is 0.271 e. The topological polar surface area (TPSA) is 46.9 Å². The summed E-state index contributed by atoms with van der Waals surface area (Å²) in [5.41, 5.74) is 0.958. The first kappa shape index (κ1) is 19.6. The molecule has 2 aromatic carbocycles. The Morgan fingerprint density at radius 2 is 1.79 bits per heavy atom. The molecule has 7 heteroatoms. The quantitative estimate of drug-likeness (QED) is 0.608. The second kappa shape index (κ2) is 8.33. The van der Waals surface area contributed by atoms with Gasteiger partial charge in [0.2, 0.25) is 0 Å². The summed E-state index contributed by atoms with van der Waals surface area (Å²) in [6.45, 7) is 0. The molecule has 0 unspecified atom stereocenters. The first-order valence-electron chi connectivity index (χ1n) is 9.63. The van der Waals surface area contributed by atoms with Crippen molar-refractivity contribution < 1.29 is 13.6 Å². The summed E-state index contributed by atoms with van der Waals surface area (Å²) in [7, 11) is 0. The predicted molar refractivity (Wildman–Crippen MR) is 108 cm³/mol. The van der Waals surface area contributed by atoms with Gasteiger partial charge in [0.15, 0.2) is 0 Å². The third-order valence-electron chi connectivity index (χ3n) is 5.16. The van der Waals surface area contributed by atoms with Gasteiger partial charge in [-0.1, -0.05) is 30.9 Å². The minimum Gasteiger partial charge on any atom is -0.348 e. The highest BCUT2D eigenvalue weighted by Crippen LogP contribution is 2.27. The van der Waals surface area contributed by atoms with Crippen LogP contribution in [-0.2, 0) is 0 Å². The van der Waals surface area contributed by atoms with Crippen LogP contribution in [0.1, 0.15) is 42.6 Å². The Balaban J connectivity index is 1.73. The first-order chi connectivity index (χ1) is 14.0. The number of rotatable bonds is 4. The SMILES string of the molecule is O=C(NC1CCCCC1)c1cn(-c2ccc(Cl)cc2)c(-c2ccc(F)cc2F)n1. The van der Waals surface area contributed by atoms with E-state index in [-0.39, 0.29) is 29.0 Å². The number of nitrogens with zero attached hydrogens (tertiary/aromatic N) is 2. The van der Waals surface area contributed by atoms with Gasteiger partial charge in [-0.15, -0.1) is 0 Å². The van der Waals surface area contributed by atoms with Crippen molar-refractivity contribution in [3.8, 4) is 17.1 Å². The summed E-state index contributed by atoms with van der Waals surface area (Å²) in [6, 6.07) is 10.3. The lowest BCUT2D eigenvalue weighted by molar-refractivity contribution is 0.0923. The zero-order valence-electron chi connectivity index (χ0n) is 15.7. The van der Waals surface area contributed by atoms with E-state index < -0.39 is 11.6 Å². The van der Waals surface area contributed by atoms with E-state index in [9.17, 15) is 13.6 Å². The van der Waals surface area contributed by atoms with Gasteiger partial charge in [0.25, 0.3) is 5.91 Å². The molecular weight excluding hydrogens is 396 g/mol. The van der Waals surface area contributed by atoms with E-state index in [2.05, 4.69) is 10.3 Å². The maximum Gasteiger partial charge on any atom is 0.271 e. The fourth-order valence-corrected chi connectivity index (χ4v) is 3.78. The van der Waals surface area contributed by atoms with Crippen molar-refractivity contribution >= 4 is 17.5 Å². The third-order valence-corrected chi connectivity index (χ3v) is 5.41. The van der Waals surface area contributed by atoms with Crippen molar-refractivity contribution in [2.45, 2.75) is 38.1 Å². The van der Waals surface area contributed by atoms with Crippen molar-refractivity contribution in [3.63, 3.8) is 0 Å². The fraction of sp³-hybridized carbons (Fsp3) is 0.273. The molecule has 0 atom stereocenters. The molecule has 1 aliphatic rings. The number of carbonyl (C=O) groups excluding carboxylic acids is 1. The zero-order chi connectivity index (χ0) is 20.4. The zero-order valence-corrected chi connectivity index (χ0v) is 16.4. The second-order valence-electron chi connectivity index (χ2n) is 7.23. The Bertz CT molecular complexity index is 1030. The summed E-state index contributed by atoms with van der Waals surface area (Å²) in [6.07, 6.45) is 6.84. The predicted octanol–water partition coefficient (Wildman–Crippen LogP) is 5.53. The third kappa shape index (κ3) is 4.32. The summed E-state index contributed by atoms with van der Waals surface area (Å²) in [5.74, 6) is -1.50. The number of halogens is 3. The van der Waals surface area contributed by atoms with E-state index in [1.165, 1.54) is 18.6 Å². The Morgan fingerprint density at radius 1 is 1.07 bits per heavy atom. The standard InChI is InChI=1S/C22H20ClF2N3O/c23-14-6-9-17(10-7-14)28-13-20(22(29)26-16-4-2-1-3-5-16)27-21(28)18-11-8-15(24)12-19(18)25/h6-13,16H,1-5H2,(H,26,29). The van der Waals surface area contributed by atoms with Gasteiger partial charge in [-0.2, -0.15) is 0 Å². The van der Waals surface area contributed by atoms with Crippen LogP contribution in [0.3, 0.4) is 0 Å². The molecule has 0 saturated heterocycles. The van der Waals surface area contributed by atoms with Crippen LogP contribution < -0.4 is 5.32 Å². The normalized spacial score (nSPS) is 14.7. The second-order valence-corrected chi connectivity index (χ2v) is 7.67. The highest BCUT2D eigenvalue weighted by atomic mass is 35.5. The number of amides is 1. The minimum atomic E-state index is -0.745. The molecule has 1 aliphatic carbocycles. The molecule has 1 N–H and O–H groups in total. The van der Waals surface area contributed by atoms with E-state index in [0.717, 1.165) is 31.7 Å². The van der Waals surface area contributed by atoms with Gasteiger partial charge in [0.05, 0.1) is 5.56 Å². The van der Waals surface area contributed by atoms with E-state index in [1.54, 1.807) is 35.0 Å². The van der Waals surface area contributed by atoms with Crippen molar-refractivity contribution in [1.29, 1.82) is 0 Å². The molecule has 150 valence electrons. The van der Waals surface area contributed by atoms with Crippen molar-refractivity contribution in [2.24, 2.45) is 0 Å². The molecule has 0 aliphatic heterocycles. The molecule has 0 spiro atoms. The molecule has 4 rings (SSSR count). The van der Waals surface area contributed by atoms with Gasteiger partial charge in [-0.05, 0) is 49.2 Å². The summed E-state index contributed by atoms with van der Waals surface area (Å²) in [4.78, 5) is 17.2. The molecule has 29 heavy (non-hydrogen) atoms. The first-order valence-corrected chi connectivity index (χ1v) is 10.0. The minimum absolute atomic E-state index is 0.109. The molecule has 1 aromatic heterocycles. The Kier molecular flexibility index (Phi) is 5.62. The maximum absolute atomic E-state index is 14.5. The molecule has 3 aromatic rings. The van der Waals surface area contributed by atoms with Crippen molar-refractivity contribution in [3.05, 3.63) is 71.0 Å². The molecule has 4 nitrogen and oxygen atoms in total. The lowest BCUT2D eigenvalue weighted by Crippen LogP contribution is -2.36. The molecule has 1 amide bonds. The number of aromatic nitrogens is 2. The van der Waals surface area contributed by atoms with Crippen LogP contribution in [0.5, 0.6) is 0 Å². The molecule has 0 bridgehead atoms. The largest absolute Gasteiger partial charge is 0.348 e. The molecule has 0 radical (unpaired) electrons. The monoisotopic (exact) mass is 415 g/mol. The van der Waals surface area contributed by atoms with Gasteiger partial charge >= 0.3 is 0 Å². The molecule has 1 heterocycles. The van der Waals surface area contributed by atoms with Crippen LogP contribution in [0.25, 0.3) is 17.1 Å². The molecular formula is C22H20ClF2N3O. The Labute approximate surface area is 172 Å². The van der Waals surface area contributed by atoms with Gasteiger partial charge < -0.3 is 5.32 Å². The van der Waals surface area contributed by atoms with Crippen LogP contribution in [0.2, 0.25) is 5.02 Å². The highest BCUT2D eigenvalue weighted by molar-refractivity contribution is 6.30. The number of imidazole rings is 1. The van der Waals surface area contributed by atoms with Crippen LogP contribution in [0.15, 0.2) is 48.7 Å². The summed E-state index contributed by atoms with van der Waals surface area (Å²) in [5, 5.41) is 3.58. The number of benzene rings is 2. The fourth-order valence-electron chi connectivity index (χ4n) is 3.66. The van der Waals surface area contributed by atoms with Gasteiger partial charge in [-0.3, -0.25) is 9.36 Å². The van der Waals surface area contributed by atoms with Crippen LogP contribution in [-0.4, -0.2) is 21.5 Å². The maximum atomic E-state index is 14.5. The summed E-state index contributed by atoms with van der Waals surface area (Å²) >= 11 is 5.97. The van der Waals surface area contributed by atoms with E-state index in [1.807, 2.05) is 0 Å². The number of nitrogens with one attached hydrogen (secondary N) is 1. The molecule has 1 fully saturated rings. The van der Waals surface area contributed by atoms with Crippen molar-refractivity contribution in [1.82, 2.24) is 14.9 Å². The Hall–Kier alpha value is -2.73. The van der Waals surface area contributed by atoms with Crippen molar-refractivity contribution in [2.75, 3.05) is 0 Å². The van der Waals surface area contributed by atoms with E-state index in [4.69, 9.17) is 11.6 Å². The molecule has 1 saturated carbocycles. The van der Waals surface area contributed by atoms with E-state index >= 15 is 0 Å². The van der Waals surface area contributed by atoms with Gasteiger partial charge in [-0.25, -0.2) is 13.8 Å². The number of carbonyl (C=O) groups is 1. The average molecular weight is 416 g/mol. The van der Waals surface area contributed by atoms with Crippen LogP contribution in [0, 0.1) is 11.6 Å². The Morgan fingerprint density at radius 3 is 2.48 bits per heavy atom. The summed E-state index contributed by atoms with van der Waals surface area (Å²) < 4.78 is 29.5. The lowest BCUT2D eigenvalue weighted by Gasteiger charge is -2.22. The lowest BCUT2D eigenvalue weighted by atomic mass is 9.95. The number of hydrogen-bond acceptors (Lipinski definition) is 2. The van der Waals surface area contributed by atoms with Gasteiger partial charge in [0.1, 0.15) is 23.2 Å².